The third kappa shape index (κ3) is 6.71. The molecule has 0 atom stereocenters. The van der Waals surface area contributed by atoms with Gasteiger partial charge >= 0.3 is 0 Å². The fourth-order valence-corrected chi connectivity index (χ4v) is 3.16. The minimum Gasteiger partial charge on any atom is -0.512 e. The minimum absolute atomic E-state index is 0. The smallest absolute Gasteiger partial charge is 0.155 e. The van der Waals surface area contributed by atoms with Crippen LogP contribution in [0.15, 0.2) is 70.8 Å². The van der Waals surface area contributed by atoms with E-state index in [4.69, 9.17) is 14.5 Å². The summed E-state index contributed by atoms with van der Waals surface area (Å²) in [5.41, 5.74) is 6.42. The first kappa shape index (κ1) is 25.2. The predicted molar refractivity (Wildman–Crippen MR) is 120 cm³/mol. The summed E-state index contributed by atoms with van der Waals surface area (Å²) < 4.78 is 18.9. The third-order valence-electron chi connectivity index (χ3n) is 4.34. The average molecular weight is 609 g/mol. The molecule has 0 aliphatic heterocycles. The quantitative estimate of drug-likeness (QED) is 0.159. The van der Waals surface area contributed by atoms with Gasteiger partial charge in [-0.15, -0.1) is 34.9 Å². The molecule has 167 valence electrons. The minimum atomic E-state index is -0.263. The molecule has 1 radical (unpaired) electrons. The molecule has 0 saturated heterocycles. The summed E-state index contributed by atoms with van der Waals surface area (Å²) >= 11 is 0. The van der Waals surface area contributed by atoms with Gasteiger partial charge < -0.3 is 9.52 Å². The van der Waals surface area contributed by atoms with Crippen molar-refractivity contribution in [2.24, 2.45) is 0 Å². The Hall–Kier alpha value is -3.08. The number of hydrogen-bond donors (Lipinski definition) is 1. The van der Waals surface area contributed by atoms with Crippen LogP contribution >= 0.6 is 0 Å². The summed E-state index contributed by atoms with van der Waals surface area (Å²) in [6.07, 6.45) is 1.17. The number of aliphatic hydroxyl groups is 1. The number of aromatic nitrogens is 1. The molecule has 0 fully saturated rings. The van der Waals surface area contributed by atoms with Gasteiger partial charge in [0, 0.05) is 37.8 Å². The van der Waals surface area contributed by atoms with Crippen molar-refractivity contribution < 1.29 is 38.8 Å². The molecular formula is C26H23FIrNO3-. The van der Waals surface area contributed by atoms with Crippen molar-refractivity contribution in [3.05, 3.63) is 89.4 Å². The van der Waals surface area contributed by atoms with E-state index in [0.717, 1.165) is 27.9 Å². The first-order valence-electron chi connectivity index (χ1n) is 9.76. The van der Waals surface area contributed by atoms with Crippen LogP contribution in [-0.2, 0) is 24.9 Å². The molecule has 0 spiro atoms. The number of nitrogens with zero attached hydrogens (tertiary/aromatic N) is 1. The number of pyridine rings is 1. The van der Waals surface area contributed by atoms with Crippen LogP contribution in [0.5, 0.6) is 0 Å². The predicted octanol–water partition coefficient (Wildman–Crippen LogP) is 6.75. The molecule has 2 aromatic heterocycles. The van der Waals surface area contributed by atoms with E-state index in [1.54, 1.807) is 12.1 Å². The summed E-state index contributed by atoms with van der Waals surface area (Å²) in [6, 6.07) is 19.5. The van der Waals surface area contributed by atoms with Gasteiger partial charge in [-0.05, 0) is 49.9 Å². The number of hydrogen-bond acceptors (Lipinski definition) is 4. The molecule has 2 aromatic carbocycles. The van der Waals surface area contributed by atoms with Crippen molar-refractivity contribution in [3.8, 4) is 22.6 Å². The Balaban J connectivity index is 0.000000398. The molecular weight excluding hydrogens is 586 g/mol. The zero-order valence-corrected chi connectivity index (χ0v) is 20.6. The molecule has 0 amide bonds. The largest absolute Gasteiger partial charge is 0.512 e. The second-order valence-corrected chi connectivity index (χ2v) is 7.35. The Labute approximate surface area is 200 Å². The summed E-state index contributed by atoms with van der Waals surface area (Å²) in [6.45, 7) is 6.94. The molecule has 4 nitrogen and oxygen atoms in total. The number of aliphatic hydroxyl groups excluding tert-OH is 1. The number of halogens is 1. The van der Waals surface area contributed by atoms with Crippen LogP contribution < -0.4 is 0 Å². The summed E-state index contributed by atoms with van der Waals surface area (Å²) in [5.74, 6) is 0.354. The van der Waals surface area contributed by atoms with Crippen molar-refractivity contribution >= 4 is 16.9 Å². The Morgan fingerprint density at radius 2 is 1.75 bits per heavy atom. The van der Waals surface area contributed by atoms with E-state index in [9.17, 15) is 9.18 Å². The topological polar surface area (TPSA) is 63.3 Å². The molecule has 6 heteroatoms. The molecule has 4 rings (SSSR count). The third-order valence-corrected chi connectivity index (χ3v) is 4.34. The van der Waals surface area contributed by atoms with Gasteiger partial charge in [-0.3, -0.25) is 9.78 Å². The van der Waals surface area contributed by atoms with E-state index in [2.05, 4.69) is 25.1 Å². The second-order valence-electron chi connectivity index (χ2n) is 7.35. The fraction of sp³-hybridized carbons (Fsp3) is 0.154. The molecule has 0 unspecified atom stereocenters. The molecule has 0 aliphatic carbocycles. The number of carbonyl (C=O) groups excluding carboxylic acids is 1. The number of allylic oxidation sites excluding steroid dienone is 2. The summed E-state index contributed by atoms with van der Waals surface area (Å²) in [7, 11) is 0. The van der Waals surface area contributed by atoms with Crippen LogP contribution in [0.25, 0.3) is 33.7 Å². The maximum atomic E-state index is 13.1. The molecule has 1 N–H and O–H groups in total. The van der Waals surface area contributed by atoms with E-state index in [1.165, 1.54) is 37.6 Å². The molecule has 4 aromatic rings. The van der Waals surface area contributed by atoms with Gasteiger partial charge in [0.1, 0.15) is 11.6 Å². The zero-order chi connectivity index (χ0) is 22.5. The van der Waals surface area contributed by atoms with Crippen molar-refractivity contribution in [2.75, 3.05) is 0 Å². The molecule has 2 heterocycles. The first-order valence-corrected chi connectivity index (χ1v) is 9.76. The van der Waals surface area contributed by atoms with Gasteiger partial charge in [-0.25, -0.2) is 4.39 Å². The standard InChI is InChI=1S/C21H15FNO.C5H8O2.Ir/c1-13-9-14(2)11-16(10-13)18-7-8-20-19(23-18)12-21(24-20)15-3-5-17(22)6-4-15;1-4(6)3-5(2)7;/h3-10,12H,1-2H3;3,6H,1-2H3;/q-1;;/b;4-3-;. The van der Waals surface area contributed by atoms with Crippen LogP contribution in [0.2, 0.25) is 0 Å². The van der Waals surface area contributed by atoms with Gasteiger partial charge in [0.15, 0.2) is 11.4 Å². The number of fused-ring (bicyclic) bond motifs is 1. The van der Waals surface area contributed by atoms with E-state index < -0.39 is 0 Å². The van der Waals surface area contributed by atoms with Crippen molar-refractivity contribution in [1.29, 1.82) is 0 Å². The first-order chi connectivity index (χ1) is 14.7. The van der Waals surface area contributed by atoms with Gasteiger partial charge in [-0.1, -0.05) is 19.9 Å². The Morgan fingerprint density at radius 1 is 1.06 bits per heavy atom. The Bertz CT molecular complexity index is 1240. The SMILES string of the molecule is CC(=O)/C=C(/C)O.Cc1[c-]c(-c2ccc3oc(-c4ccc(F)cc4)cc3n2)cc(C)c1.[Ir]. The zero-order valence-electron chi connectivity index (χ0n) is 18.2. The van der Waals surface area contributed by atoms with Crippen LogP contribution in [0, 0.1) is 25.7 Å². The summed E-state index contributed by atoms with van der Waals surface area (Å²) in [4.78, 5) is 14.7. The maximum absolute atomic E-state index is 13.1. The second kappa shape index (κ2) is 11.0. The normalized spacial score (nSPS) is 10.8. The van der Waals surface area contributed by atoms with Crippen LogP contribution in [0.3, 0.4) is 0 Å². The van der Waals surface area contributed by atoms with Crippen LogP contribution in [0.1, 0.15) is 25.0 Å². The number of benzene rings is 2. The monoisotopic (exact) mass is 609 g/mol. The van der Waals surface area contributed by atoms with E-state index in [-0.39, 0.29) is 37.5 Å². The number of furan rings is 1. The number of ketones is 1. The van der Waals surface area contributed by atoms with Crippen molar-refractivity contribution in [1.82, 2.24) is 4.98 Å². The Morgan fingerprint density at radius 3 is 2.31 bits per heavy atom. The van der Waals surface area contributed by atoms with Gasteiger partial charge in [0.2, 0.25) is 0 Å². The maximum Gasteiger partial charge on any atom is 0.155 e. The fourth-order valence-electron chi connectivity index (χ4n) is 3.16. The van der Waals surface area contributed by atoms with E-state index >= 15 is 0 Å². The van der Waals surface area contributed by atoms with Crippen molar-refractivity contribution in [3.63, 3.8) is 0 Å². The molecule has 0 aliphatic rings. The van der Waals surface area contributed by atoms with Gasteiger partial charge in [0.05, 0.1) is 11.3 Å². The Kier molecular flexibility index (Phi) is 8.64. The van der Waals surface area contributed by atoms with Gasteiger partial charge in [0.25, 0.3) is 0 Å². The van der Waals surface area contributed by atoms with E-state index in [0.29, 0.717) is 11.3 Å². The molecule has 32 heavy (non-hydrogen) atoms. The van der Waals surface area contributed by atoms with Crippen LogP contribution in [0.4, 0.5) is 4.39 Å². The number of carbonyl (C=O) groups is 1. The molecule has 0 saturated carbocycles. The van der Waals surface area contributed by atoms with Crippen molar-refractivity contribution in [2.45, 2.75) is 27.7 Å². The number of aryl methyl sites for hydroxylation is 2. The molecule has 0 bridgehead atoms. The average Bonchev–Trinajstić information content (AvgIpc) is 3.10. The van der Waals surface area contributed by atoms with Gasteiger partial charge in [-0.2, -0.15) is 0 Å². The number of rotatable bonds is 3. The summed E-state index contributed by atoms with van der Waals surface area (Å²) in [5, 5.41) is 8.36. The van der Waals surface area contributed by atoms with Crippen LogP contribution in [-0.4, -0.2) is 15.9 Å². The van der Waals surface area contributed by atoms with E-state index in [1.807, 2.05) is 25.1 Å².